The number of aromatic nitrogens is 2. The Morgan fingerprint density at radius 1 is 1.14 bits per heavy atom. The Hall–Kier alpha value is -2.24. The first-order valence-electron chi connectivity index (χ1n) is 7.79. The van der Waals surface area contributed by atoms with Crippen LogP contribution in [0.15, 0.2) is 22.6 Å². The summed E-state index contributed by atoms with van der Waals surface area (Å²) in [6, 6.07) is 6.52. The summed E-state index contributed by atoms with van der Waals surface area (Å²) in [5.74, 6) is 2.82. The van der Waals surface area contributed by atoms with Gasteiger partial charge in [0.15, 0.2) is 11.5 Å². The molecule has 1 aliphatic heterocycles. The average molecular weight is 301 g/mol. The number of nitrogens with zero attached hydrogens (tertiary/aromatic N) is 2. The Bertz CT molecular complexity index is 666. The number of hydrogen-bond acceptors (Lipinski definition) is 6. The number of anilines is 1. The van der Waals surface area contributed by atoms with Crippen LogP contribution in [0, 0.1) is 0 Å². The summed E-state index contributed by atoms with van der Waals surface area (Å²) in [6.45, 7) is 3.44. The van der Waals surface area contributed by atoms with Crippen LogP contribution in [0.4, 0.5) is 6.01 Å². The smallest absolute Gasteiger partial charge is 0.315 e. The van der Waals surface area contributed by atoms with Crippen molar-refractivity contribution in [2.45, 2.75) is 38.1 Å². The van der Waals surface area contributed by atoms with Gasteiger partial charge in [0.25, 0.3) is 0 Å². The minimum atomic E-state index is 0.0460. The SMILES string of the molecule is CC(Nc1nnc(C2CC2)o1)c1ccc2c(c1)OCCCO2. The van der Waals surface area contributed by atoms with E-state index < -0.39 is 0 Å². The van der Waals surface area contributed by atoms with Crippen molar-refractivity contribution in [3.63, 3.8) is 0 Å². The number of hydrogen-bond donors (Lipinski definition) is 1. The van der Waals surface area contributed by atoms with Crippen molar-refractivity contribution < 1.29 is 13.9 Å². The molecule has 0 radical (unpaired) electrons. The molecule has 116 valence electrons. The third-order valence-corrected chi connectivity index (χ3v) is 3.98. The van der Waals surface area contributed by atoms with Gasteiger partial charge in [0.2, 0.25) is 5.89 Å². The van der Waals surface area contributed by atoms with Crippen LogP contribution in [0.3, 0.4) is 0 Å². The molecule has 1 atom stereocenters. The molecule has 0 spiro atoms. The topological polar surface area (TPSA) is 69.4 Å². The van der Waals surface area contributed by atoms with E-state index in [2.05, 4.69) is 22.4 Å². The van der Waals surface area contributed by atoms with Crippen LogP contribution in [-0.4, -0.2) is 23.4 Å². The van der Waals surface area contributed by atoms with Crippen LogP contribution in [0.5, 0.6) is 11.5 Å². The van der Waals surface area contributed by atoms with E-state index >= 15 is 0 Å². The molecule has 6 nitrogen and oxygen atoms in total. The Balaban J connectivity index is 1.49. The highest BCUT2D eigenvalue weighted by molar-refractivity contribution is 5.45. The molecule has 4 rings (SSSR count). The fourth-order valence-electron chi connectivity index (χ4n) is 2.51. The van der Waals surface area contributed by atoms with Crippen LogP contribution >= 0.6 is 0 Å². The third kappa shape index (κ3) is 2.73. The van der Waals surface area contributed by atoms with Crippen molar-refractivity contribution >= 4 is 6.01 Å². The average Bonchev–Trinajstić information content (AvgIpc) is 3.31. The molecule has 2 aromatic rings. The molecule has 2 aliphatic rings. The number of nitrogens with one attached hydrogen (secondary N) is 1. The zero-order valence-electron chi connectivity index (χ0n) is 12.5. The molecule has 0 bridgehead atoms. The summed E-state index contributed by atoms with van der Waals surface area (Å²) in [5.41, 5.74) is 1.09. The third-order valence-electron chi connectivity index (χ3n) is 3.98. The van der Waals surface area contributed by atoms with Crippen LogP contribution in [0.25, 0.3) is 0 Å². The quantitative estimate of drug-likeness (QED) is 0.934. The summed E-state index contributed by atoms with van der Waals surface area (Å²) in [7, 11) is 0. The second-order valence-corrected chi connectivity index (χ2v) is 5.84. The Morgan fingerprint density at radius 2 is 1.95 bits per heavy atom. The zero-order chi connectivity index (χ0) is 14.9. The van der Waals surface area contributed by atoms with E-state index in [1.54, 1.807) is 0 Å². The van der Waals surface area contributed by atoms with Crippen LogP contribution < -0.4 is 14.8 Å². The lowest BCUT2D eigenvalue weighted by Gasteiger charge is -2.15. The largest absolute Gasteiger partial charge is 0.490 e. The lowest BCUT2D eigenvalue weighted by atomic mass is 10.1. The molecular weight excluding hydrogens is 282 g/mol. The standard InChI is InChI=1S/C16H19N3O3/c1-10(17-16-19-18-15(22-16)11-3-4-11)12-5-6-13-14(9-12)21-8-2-7-20-13/h5-6,9-11H,2-4,7-8H2,1H3,(H,17,19). The van der Waals surface area contributed by atoms with Crippen molar-refractivity contribution in [3.05, 3.63) is 29.7 Å². The van der Waals surface area contributed by atoms with E-state index in [1.165, 1.54) is 0 Å². The minimum absolute atomic E-state index is 0.0460. The van der Waals surface area contributed by atoms with E-state index in [0.717, 1.165) is 42.2 Å². The van der Waals surface area contributed by atoms with Gasteiger partial charge in [-0.2, -0.15) is 0 Å². The zero-order valence-corrected chi connectivity index (χ0v) is 12.5. The normalized spacial score (nSPS) is 18.6. The van der Waals surface area contributed by atoms with Gasteiger partial charge in [-0.15, -0.1) is 5.10 Å². The van der Waals surface area contributed by atoms with Crippen molar-refractivity contribution in [3.8, 4) is 11.5 Å². The molecule has 1 N–H and O–H groups in total. The fraction of sp³-hybridized carbons (Fsp3) is 0.500. The lowest BCUT2D eigenvalue weighted by molar-refractivity contribution is 0.297. The summed E-state index contributed by atoms with van der Waals surface area (Å²) >= 11 is 0. The maximum atomic E-state index is 5.73. The second-order valence-electron chi connectivity index (χ2n) is 5.84. The molecule has 1 aromatic heterocycles. The number of rotatable bonds is 4. The number of benzene rings is 1. The summed E-state index contributed by atoms with van der Waals surface area (Å²) < 4.78 is 17.0. The van der Waals surface area contributed by atoms with Gasteiger partial charge in [-0.05, 0) is 37.5 Å². The molecule has 1 unspecified atom stereocenters. The van der Waals surface area contributed by atoms with E-state index in [0.29, 0.717) is 25.1 Å². The predicted octanol–water partition coefficient (Wildman–Crippen LogP) is 3.28. The van der Waals surface area contributed by atoms with Crippen molar-refractivity contribution in [2.75, 3.05) is 18.5 Å². The highest BCUT2D eigenvalue weighted by Crippen LogP contribution is 2.40. The van der Waals surface area contributed by atoms with Crippen LogP contribution in [-0.2, 0) is 0 Å². The molecular formula is C16H19N3O3. The first kappa shape index (κ1) is 13.4. The first-order valence-corrected chi connectivity index (χ1v) is 7.79. The van der Waals surface area contributed by atoms with E-state index in [4.69, 9.17) is 13.9 Å². The van der Waals surface area contributed by atoms with Crippen molar-refractivity contribution in [2.24, 2.45) is 0 Å². The van der Waals surface area contributed by atoms with Gasteiger partial charge < -0.3 is 19.2 Å². The van der Waals surface area contributed by atoms with Crippen molar-refractivity contribution in [1.29, 1.82) is 0 Å². The van der Waals surface area contributed by atoms with Gasteiger partial charge in [-0.3, -0.25) is 0 Å². The van der Waals surface area contributed by atoms with E-state index in [1.807, 2.05) is 18.2 Å². The summed E-state index contributed by atoms with van der Waals surface area (Å²) in [5, 5.41) is 11.4. The highest BCUT2D eigenvalue weighted by Gasteiger charge is 2.29. The molecule has 0 amide bonds. The lowest BCUT2D eigenvalue weighted by Crippen LogP contribution is -2.07. The Morgan fingerprint density at radius 3 is 2.77 bits per heavy atom. The summed E-state index contributed by atoms with van der Waals surface area (Å²) in [6.07, 6.45) is 3.21. The molecule has 1 aliphatic carbocycles. The molecule has 1 saturated carbocycles. The van der Waals surface area contributed by atoms with E-state index in [9.17, 15) is 0 Å². The second kappa shape index (κ2) is 5.51. The monoisotopic (exact) mass is 301 g/mol. The maximum absolute atomic E-state index is 5.73. The van der Waals surface area contributed by atoms with Crippen LogP contribution in [0.2, 0.25) is 0 Å². The van der Waals surface area contributed by atoms with Gasteiger partial charge in [0.05, 0.1) is 19.3 Å². The van der Waals surface area contributed by atoms with Gasteiger partial charge in [-0.25, -0.2) is 0 Å². The number of fused-ring (bicyclic) bond motifs is 1. The first-order chi connectivity index (χ1) is 10.8. The van der Waals surface area contributed by atoms with Gasteiger partial charge in [0, 0.05) is 12.3 Å². The fourth-order valence-corrected chi connectivity index (χ4v) is 2.51. The molecule has 0 saturated heterocycles. The van der Waals surface area contributed by atoms with Gasteiger partial charge in [0.1, 0.15) is 0 Å². The van der Waals surface area contributed by atoms with Gasteiger partial charge >= 0.3 is 6.01 Å². The summed E-state index contributed by atoms with van der Waals surface area (Å²) in [4.78, 5) is 0. The Kier molecular flexibility index (Phi) is 3.36. The van der Waals surface area contributed by atoms with Gasteiger partial charge in [-0.1, -0.05) is 11.2 Å². The predicted molar refractivity (Wildman–Crippen MR) is 80.4 cm³/mol. The maximum Gasteiger partial charge on any atom is 0.315 e. The molecule has 22 heavy (non-hydrogen) atoms. The molecule has 1 fully saturated rings. The minimum Gasteiger partial charge on any atom is -0.490 e. The molecule has 6 heteroatoms. The molecule has 2 heterocycles. The van der Waals surface area contributed by atoms with Crippen molar-refractivity contribution in [1.82, 2.24) is 10.2 Å². The van der Waals surface area contributed by atoms with Crippen LogP contribution in [0.1, 0.15) is 49.6 Å². The highest BCUT2D eigenvalue weighted by atomic mass is 16.5. The van der Waals surface area contributed by atoms with E-state index in [-0.39, 0.29) is 6.04 Å². The number of ether oxygens (including phenoxy) is 2. The Labute approximate surface area is 128 Å². The molecule has 1 aromatic carbocycles.